The molecule has 0 radical (unpaired) electrons. The molecule has 11 heavy (non-hydrogen) atoms. The van der Waals surface area contributed by atoms with Gasteiger partial charge in [0.25, 0.3) is 0 Å². The number of aliphatic hydroxyl groups is 2. The van der Waals surface area contributed by atoms with Crippen molar-refractivity contribution in [2.24, 2.45) is 0 Å². The Bertz CT molecular complexity index is 100. The van der Waals surface area contributed by atoms with E-state index in [2.05, 4.69) is 0 Å². The second-order valence-corrected chi connectivity index (χ2v) is 3.28. The summed E-state index contributed by atoms with van der Waals surface area (Å²) in [5, 5.41) is 28.6. The van der Waals surface area contributed by atoms with Gasteiger partial charge in [0, 0.05) is 6.61 Å². The molecule has 0 rings (SSSR count). The molecule has 0 aromatic carbocycles. The molecule has 0 amide bonds. The first-order chi connectivity index (χ1) is 4.95. The summed E-state index contributed by atoms with van der Waals surface area (Å²) >= 11 is 0. The number of likely N-dealkylation sites (N-methyl/N-ethyl adjacent to an activating group) is 1. The Kier molecular flexibility index (Phi) is 4.60. The standard InChI is InChI=1S/C7H17NO3/c1-8(2,11)6-7(10)4-3-5-9/h7,9-10H,3-6H2,1-2H3. The fourth-order valence-electron chi connectivity index (χ4n) is 0.926. The number of hydroxylamine groups is 3. The van der Waals surface area contributed by atoms with Gasteiger partial charge in [0.15, 0.2) is 0 Å². The molecule has 2 N–H and O–H groups in total. The lowest BCUT2D eigenvalue weighted by Crippen LogP contribution is -2.39. The van der Waals surface area contributed by atoms with Gasteiger partial charge in [0.1, 0.15) is 12.6 Å². The number of nitrogens with zero attached hydrogens (tertiary/aromatic N) is 1. The molecular weight excluding hydrogens is 146 g/mol. The van der Waals surface area contributed by atoms with E-state index >= 15 is 0 Å². The van der Waals surface area contributed by atoms with Crippen molar-refractivity contribution in [1.29, 1.82) is 0 Å². The molecule has 0 fully saturated rings. The minimum atomic E-state index is -0.588. The van der Waals surface area contributed by atoms with Crippen LogP contribution in [-0.4, -0.2) is 48.2 Å². The molecule has 0 saturated heterocycles. The van der Waals surface area contributed by atoms with Crippen LogP contribution in [0.4, 0.5) is 0 Å². The largest absolute Gasteiger partial charge is 0.633 e. The first kappa shape index (κ1) is 10.8. The first-order valence-electron chi connectivity index (χ1n) is 3.78. The van der Waals surface area contributed by atoms with Crippen LogP contribution in [0.3, 0.4) is 0 Å². The summed E-state index contributed by atoms with van der Waals surface area (Å²) in [4.78, 5) is 0. The van der Waals surface area contributed by atoms with Crippen molar-refractivity contribution in [2.45, 2.75) is 18.9 Å². The number of rotatable bonds is 5. The van der Waals surface area contributed by atoms with Crippen molar-refractivity contribution in [2.75, 3.05) is 27.2 Å². The van der Waals surface area contributed by atoms with Crippen LogP contribution in [0.2, 0.25) is 0 Å². The molecule has 4 heteroatoms. The van der Waals surface area contributed by atoms with Crippen molar-refractivity contribution >= 4 is 0 Å². The Morgan fingerprint density at radius 3 is 2.36 bits per heavy atom. The van der Waals surface area contributed by atoms with Crippen molar-refractivity contribution in [1.82, 2.24) is 0 Å². The Balaban J connectivity index is 3.44. The Morgan fingerprint density at radius 1 is 1.45 bits per heavy atom. The van der Waals surface area contributed by atoms with Crippen molar-refractivity contribution in [3.63, 3.8) is 0 Å². The molecule has 0 aliphatic rings. The lowest BCUT2D eigenvalue weighted by Gasteiger charge is -2.35. The Labute approximate surface area is 67.2 Å². The first-order valence-corrected chi connectivity index (χ1v) is 3.78. The van der Waals surface area contributed by atoms with Gasteiger partial charge >= 0.3 is 0 Å². The van der Waals surface area contributed by atoms with E-state index < -0.39 is 10.8 Å². The van der Waals surface area contributed by atoms with Crippen LogP contribution < -0.4 is 0 Å². The normalized spacial score (nSPS) is 15.0. The molecule has 0 aliphatic heterocycles. The number of quaternary nitrogens is 1. The summed E-state index contributed by atoms with van der Waals surface area (Å²) in [6.45, 7) is 0.267. The average molecular weight is 163 g/mol. The van der Waals surface area contributed by atoms with Gasteiger partial charge in [-0.25, -0.2) is 0 Å². The fourth-order valence-corrected chi connectivity index (χ4v) is 0.926. The third-order valence-electron chi connectivity index (χ3n) is 1.35. The average Bonchev–Trinajstić information content (AvgIpc) is 1.79. The molecule has 0 heterocycles. The zero-order valence-electron chi connectivity index (χ0n) is 7.16. The van der Waals surface area contributed by atoms with Crippen LogP contribution in [0.15, 0.2) is 0 Å². The maximum Gasteiger partial charge on any atom is 0.104 e. The summed E-state index contributed by atoms with van der Waals surface area (Å²) in [6.07, 6.45) is 0.469. The van der Waals surface area contributed by atoms with Gasteiger partial charge in [-0.05, 0) is 12.8 Å². The van der Waals surface area contributed by atoms with Crippen LogP contribution in [0, 0.1) is 5.21 Å². The van der Waals surface area contributed by atoms with Crippen LogP contribution in [0.5, 0.6) is 0 Å². The van der Waals surface area contributed by atoms with E-state index in [1.807, 2.05) is 0 Å². The Hall–Kier alpha value is -0.160. The summed E-state index contributed by atoms with van der Waals surface area (Å²) < 4.78 is -0.480. The van der Waals surface area contributed by atoms with Crippen LogP contribution >= 0.6 is 0 Å². The summed E-state index contributed by atoms with van der Waals surface area (Å²) in [7, 11) is 2.98. The van der Waals surface area contributed by atoms with Gasteiger partial charge in [0.2, 0.25) is 0 Å². The molecule has 0 aromatic rings. The molecule has 0 bridgehead atoms. The van der Waals surface area contributed by atoms with Crippen molar-refractivity contribution in [3.05, 3.63) is 5.21 Å². The summed E-state index contributed by atoms with van der Waals surface area (Å²) in [5.74, 6) is 0. The predicted octanol–water partition coefficient (Wildman–Crippen LogP) is -0.306. The van der Waals surface area contributed by atoms with Gasteiger partial charge in [-0.1, -0.05) is 0 Å². The maximum absolute atomic E-state index is 11.0. The fraction of sp³-hybridized carbons (Fsp3) is 1.00. The highest BCUT2D eigenvalue weighted by atomic mass is 16.5. The predicted molar refractivity (Wildman–Crippen MR) is 42.7 cm³/mol. The van der Waals surface area contributed by atoms with Gasteiger partial charge < -0.3 is 20.1 Å². The van der Waals surface area contributed by atoms with Gasteiger partial charge in [-0.2, -0.15) is 0 Å². The molecule has 0 spiro atoms. The minimum absolute atomic E-state index is 0.0728. The van der Waals surface area contributed by atoms with Gasteiger partial charge in [-0.15, -0.1) is 0 Å². The topological polar surface area (TPSA) is 63.5 Å². The second-order valence-electron chi connectivity index (χ2n) is 3.28. The lowest BCUT2D eigenvalue weighted by atomic mass is 10.2. The molecule has 0 saturated carbocycles. The van der Waals surface area contributed by atoms with E-state index in [1.165, 1.54) is 14.1 Å². The quantitative estimate of drug-likeness (QED) is 0.432. The van der Waals surface area contributed by atoms with Crippen LogP contribution in [-0.2, 0) is 0 Å². The molecule has 68 valence electrons. The van der Waals surface area contributed by atoms with Gasteiger partial charge in [-0.3, -0.25) is 0 Å². The monoisotopic (exact) mass is 163 g/mol. The van der Waals surface area contributed by atoms with E-state index in [4.69, 9.17) is 5.11 Å². The van der Waals surface area contributed by atoms with E-state index in [9.17, 15) is 10.3 Å². The molecular formula is C7H17NO3. The van der Waals surface area contributed by atoms with E-state index in [0.29, 0.717) is 12.8 Å². The lowest BCUT2D eigenvalue weighted by molar-refractivity contribution is -0.843. The molecule has 0 aromatic heterocycles. The molecule has 0 aliphatic carbocycles. The molecule has 1 atom stereocenters. The molecule has 4 nitrogen and oxygen atoms in total. The van der Waals surface area contributed by atoms with E-state index in [-0.39, 0.29) is 13.2 Å². The smallest absolute Gasteiger partial charge is 0.104 e. The number of hydrogen-bond acceptors (Lipinski definition) is 3. The van der Waals surface area contributed by atoms with E-state index in [0.717, 1.165) is 0 Å². The minimum Gasteiger partial charge on any atom is -0.633 e. The van der Waals surface area contributed by atoms with Crippen molar-refractivity contribution < 1.29 is 14.9 Å². The summed E-state index contributed by atoms with van der Waals surface area (Å²) in [5.41, 5.74) is 0. The third-order valence-corrected chi connectivity index (χ3v) is 1.35. The zero-order valence-corrected chi connectivity index (χ0v) is 7.16. The van der Waals surface area contributed by atoms with Crippen LogP contribution in [0.25, 0.3) is 0 Å². The third kappa shape index (κ3) is 7.74. The number of aliphatic hydroxyl groups excluding tert-OH is 2. The van der Waals surface area contributed by atoms with Gasteiger partial charge in [0.05, 0.1) is 14.1 Å². The van der Waals surface area contributed by atoms with Crippen molar-refractivity contribution in [3.8, 4) is 0 Å². The highest BCUT2D eigenvalue weighted by Crippen LogP contribution is 2.02. The highest BCUT2D eigenvalue weighted by molar-refractivity contribution is 4.53. The highest BCUT2D eigenvalue weighted by Gasteiger charge is 2.11. The Morgan fingerprint density at radius 2 is 2.00 bits per heavy atom. The number of hydrogen-bond donors (Lipinski definition) is 2. The molecule has 1 unspecified atom stereocenters. The van der Waals surface area contributed by atoms with E-state index in [1.54, 1.807) is 0 Å². The second kappa shape index (κ2) is 4.66. The maximum atomic E-state index is 11.0. The zero-order chi connectivity index (χ0) is 8.91. The summed E-state index contributed by atoms with van der Waals surface area (Å²) in [6, 6.07) is 0. The SMILES string of the molecule is C[N+](C)([O-])CC(O)CCCO. The van der Waals surface area contributed by atoms with Crippen LogP contribution in [0.1, 0.15) is 12.8 Å².